The molecule has 0 spiro atoms. The average Bonchev–Trinajstić information content (AvgIpc) is 3.24. The molecule has 1 atom stereocenters. The Labute approximate surface area is 387 Å². The fourth-order valence-corrected chi connectivity index (χ4v) is 8.52. The summed E-state index contributed by atoms with van der Waals surface area (Å²) in [6, 6.07) is 0. The number of esters is 3. The highest BCUT2D eigenvalue weighted by Crippen LogP contribution is 2.18. The first-order valence-electron chi connectivity index (χ1n) is 27.7. The molecule has 0 radical (unpaired) electrons. The largest absolute Gasteiger partial charge is 0.462 e. The molecule has 0 amide bonds. The number of carbonyl (C=O) groups is 3. The molecule has 0 aliphatic rings. The zero-order chi connectivity index (χ0) is 45.4. The van der Waals surface area contributed by atoms with Crippen molar-refractivity contribution in [2.24, 2.45) is 11.8 Å². The van der Waals surface area contributed by atoms with Crippen molar-refractivity contribution in [3.8, 4) is 0 Å². The average molecular weight is 877 g/mol. The van der Waals surface area contributed by atoms with Crippen LogP contribution in [0.4, 0.5) is 0 Å². The van der Waals surface area contributed by atoms with Crippen molar-refractivity contribution >= 4 is 17.9 Å². The molecule has 0 aromatic rings. The fraction of sp³-hybridized carbons (Fsp3) is 0.946. The Balaban J connectivity index is 4.18. The molecule has 0 aliphatic carbocycles. The van der Waals surface area contributed by atoms with Crippen LogP contribution in [0.1, 0.15) is 311 Å². The van der Waals surface area contributed by atoms with Crippen LogP contribution in [0.15, 0.2) is 0 Å². The summed E-state index contributed by atoms with van der Waals surface area (Å²) in [7, 11) is 0. The van der Waals surface area contributed by atoms with E-state index in [4.69, 9.17) is 14.2 Å². The number of unbranched alkanes of at least 4 members (excludes halogenated alkanes) is 35. The summed E-state index contributed by atoms with van der Waals surface area (Å²) in [5.74, 6) is 0.838. The van der Waals surface area contributed by atoms with E-state index in [1.807, 2.05) is 0 Å². The molecule has 0 saturated heterocycles. The van der Waals surface area contributed by atoms with E-state index < -0.39 is 6.10 Å². The topological polar surface area (TPSA) is 78.9 Å². The van der Waals surface area contributed by atoms with Crippen molar-refractivity contribution in [2.45, 2.75) is 317 Å². The van der Waals surface area contributed by atoms with Crippen LogP contribution in [0.2, 0.25) is 0 Å². The van der Waals surface area contributed by atoms with Crippen LogP contribution in [0, 0.1) is 11.8 Å². The van der Waals surface area contributed by atoms with Crippen LogP contribution < -0.4 is 0 Å². The minimum absolute atomic E-state index is 0.0632. The summed E-state index contributed by atoms with van der Waals surface area (Å²) >= 11 is 0. The van der Waals surface area contributed by atoms with E-state index in [0.29, 0.717) is 19.3 Å². The second-order valence-electron chi connectivity index (χ2n) is 20.2. The molecule has 6 heteroatoms. The third-order valence-corrected chi connectivity index (χ3v) is 12.7. The van der Waals surface area contributed by atoms with Gasteiger partial charge in [0.2, 0.25) is 0 Å². The third kappa shape index (κ3) is 49.4. The number of hydrogen-bond donors (Lipinski definition) is 0. The number of rotatable bonds is 50. The van der Waals surface area contributed by atoms with Gasteiger partial charge in [-0.25, -0.2) is 0 Å². The van der Waals surface area contributed by atoms with E-state index in [-0.39, 0.29) is 31.1 Å². The van der Waals surface area contributed by atoms with Crippen LogP contribution in [-0.2, 0) is 28.6 Å². The van der Waals surface area contributed by atoms with Gasteiger partial charge in [-0.05, 0) is 31.1 Å². The molecule has 0 saturated carbocycles. The summed E-state index contributed by atoms with van der Waals surface area (Å²) in [5.41, 5.74) is 0. The highest BCUT2D eigenvalue weighted by atomic mass is 16.6. The van der Waals surface area contributed by atoms with Gasteiger partial charge in [-0.2, -0.15) is 0 Å². The maximum atomic E-state index is 12.8. The van der Waals surface area contributed by atoms with Crippen molar-refractivity contribution in [3.05, 3.63) is 0 Å². The molecule has 6 nitrogen and oxygen atoms in total. The monoisotopic (exact) mass is 877 g/mol. The summed E-state index contributed by atoms with van der Waals surface area (Å²) < 4.78 is 16.8. The van der Waals surface area contributed by atoms with Crippen molar-refractivity contribution in [3.63, 3.8) is 0 Å². The summed E-state index contributed by atoms with van der Waals surface area (Å²) in [4.78, 5) is 37.9. The fourth-order valence-electron chi connectivity index (χ4n) is 8.52. The Morgan fingerprint density at radius 1 is 0.306 bits per heavy atom. The van der Waals surface area contributed by atoms with Gasteiger partial charge in [0.15, 0.2) is 6.10 Å². The lowest BCUT2D eigenvalue weighted by atomic mass is 10.0. The van der Waals surface area contributed by atoms with Crippen LogP contribution >= 0.6 is 0 Å². The lowest BCUT2D eigenvalue weighted by molar-refractivity contribution is -0.167. The molecular weight excluding hydrogens is 769 g/mol. The van der Waals surface area contributed by atoms with E-state index >= 15 is 0 Å². The minimum atomic E-state index is -0.761. The van der Waals surface area contributed by atoms with E-state index in [0.717, 1.165) is 69.6 Å². The van der Waals surface area contributed by atoms with Gasteiger partial charge in [0.25, 0.3) is 0 Å². The molecule has 0 N–H and O–H groups in total. The molecule has 368 valence electrons. The molecule has 62 heavy (non-hydrogen) atoms. The van der Waals surface area contributed by atoms with Crippen molar-refractivity contribution in [1.29, 1.82) is 0 Å². The Morgan fingerprint density at radius 3 is 0.790 bits per heavy atom. The Morgan fingerprint density at radius 2 is 0.532 bits per heavy atom. The molecule has 0 aliphatic heterocycles. The first kappa shape index (κ1) is 60.4. The molecule has 0 heterocycles. The van der Waals surface area contributed by atoms with E-state index in [2.05, 4.69) is 34.6 Å². The lowest BCUT2D eigenvalue weighted by Crippen LogP contribution is -2.30. The third-order valence-electron chi connectivity index (χ3n) is 12.7. The predicted molar refractivity (Wildman–Crippen MR) is 266 cm³/mol. The second-order valence-corrected chi connectivity index (χ2v) is 20.2. The molecule has 0 unspecified atom stereocenters. The number of hydrogen-bond acceptors (Lipinski definition) is 6. The summed E-state index contributed by atoms with van der Waals surface area (Å²) in [6.45, 7) is 11.4. The Kier molecular flexibility index (Phi) is 47.6. The molecule has 0 fully saturated rings. The number of ether oxygens (including phenoxy) is 3. The SMILES string of the molecule is CCCCCCCCCCCC(=O)OC[C@H](COC(=O)CCCCCCCCCCCCCCCCCCCCC(C)C)OC(=O)CCCCCCCCCCCCCC(C)C. The predicted octanol–water partition coefficient (Wildman–Crippen LogP) is 18.1. The van der Waals surface area contributed by atoms with Gasteiger partial charge in [0, 0.05) is 19.3 Å². The van der Waals surface area contributed by atoms with E-state index in [1.165, 1.54) is 199 Å². The van der Waals surface area contributed by atoms with Gasteiger partial charge in [0.1, 0.15) is 13.2 Å². The normalized spacial score (nSPS) is 12.0. The van der Waals surface area contributed by atoms with Crippen molar-refractivity contribution in [2.75, 3.05) is 13.2 Å². The lowest BCUT2D eigenvalue weighted by Gasteiger charge is -2.18. The molecular formula is C56H108O6. The van der Waals surface area contributed by atoms with E-state index in [9.17, 15) is 14.4 Å². The Bertz CT molecular complexity index is 947. The van der Waals surface area contributed by atoms with Gasteiger partial charge >= 0.3 is 17.9 Å². The van der Waals surface area contributed by atoms with Crippen LogP contribution in [0.5, 0.6) is 0 Å². The first-order valence-corrected chi connectivity index (χ1v) is 27.7. The van der Waals surface area contributed by atoms with Gasteiger partial charge in [-0.1, -0.05) is 272 Å². The molecule has 0 rings (SSSR count). The van der Waals surface area contributed by atoms with Gasteiger partial charge in [-0.15, -0.1) is 0 Å². The first-order chi connectivity index (χ1) is 30.2. The second kappa shape index (κ2) is 48.9. The molecule has 0 bridgehead atoms. The van der Waals surface area contributed by atoms with Crippen molar-refractivity contribution < 1.29 is 28.6 Å². The van der Waals surface area contributed by atoms with Gasteiger partial charge in [0.05, 0.1) is 0 Å². The molecule has 0 aromatic heterocycles. The summed E-state index contributed by atoms with van der Waals surface area (Å²) in [5, 5.41) is 0. The van der Waals surface area contributed by atoms with Crippen LogP contribution in [0.25, 0.3) is 0 Å². The molecule has 0 aromatic carbocycles. The quantitative estimate of drug-likeness (QED) is 0.0344. The highest BCUT2D eigenvalue weighted by Gasteiger charge is 2.19. The van der Waals surface area contributed by atoms with Gasteiger partial charge in [-0.3, -0.25) is 14.4 Å². The van der Waals surface area contributed by atoms with E-state index in [1.54, 1.807) is 0 Å². The highest BCUT2D eigenvalue weighted by molar-refractivity contribution is 5.71. The van der Waals surface area contributed by atoms with Gasteiger partial charge < -0.3 is 14.2 Å². The number of carbonyl (C=O) groups excluding carboxylic acids is 3. The van der Waals surface area contributed by atoms with Crippen LogP contribution in [-0.4, -0.2) is 37.2 Å². The minimum Gasteiger partial charge on any atom is -0.462 e. The zero-order valence-electron chi connectivity index (χ0n) is 42.5. The smallest absolute Gasteiger partial charge is 0.306 e. The maximum Gasteiger partial charge on any atom is 0.306 e. The van der Waals surface area contributed by atoms with Crippen LogP contribution in [0.3, 0.4) is 0 Å². The Hall–Kier alpha value is -1.59. The van der Waals surface area contributed by atoms with Crippen molar-refractivity contribution in [1.82, 2.24) is 0 Å². The standard InChI is InChI=1S/C56H108O6/c1-6-7-8-9-10-24-31-36-41-46-54(57)60-49-53(62-56(59)48-43-38-33-28-23-19-21-26-30-35-40-45-52(4)5)50-61-55(58)47-42-37-32-27-22-18-16-14-12-11-13-15-17-20-25-29-34-39-44-51(2)3/h51-53H,6-50H2,1-5H3/t53-/m1/s1. The zero-order valence-corrected chi connectivity index (χ0v) is 42.5. The summed E-state index contributed by atoms with van der Waals surface area (Å²) in [6.07, 6.45) is 51.0. The maximum absolute atomic E-state index is 12.8.